The van der Waals surface area contributed by atoms with Crippen molar-refractivity contribution >= 4 is 156 Å². The van der Waals surface area contributed by atoms with Crippen molar-refractivity contribution in [3.05, 3.63) is 90.2 Å². The van der Waals surface area contributed by atoms with Crippen LogP contribution in [0.1, 0.15) is 0 Å². The van der Waals surface area contributed by atoms with E-state index in [-0.39, 0.29) is 28.2 Å². The highest BCUT2D eigenvalue weighted by Crippen LogP contribution is 2.49. The zero-order chi connectivity index (χ0) is 57.0. The number of rotatable bonds is 18. The molecule has 0 unspecified atom stereocenters. The van der Waals surface area contributed by atoms with Crippen LogP contribution in [-0.2, 0) is 75.0 Å². The van der Waals surface area contributed by atoms with Crippen LogP contribution in [0.15, 0.2) is 135 Å². The maximum atomic E-state index is 12.8. The molecule has 0 atom stereocenters. The summed E-state index contributed by atoms with van der Waals surface area (Å²) in [6.45, 7) is -0.884. The number of phenolic OH excluding ortho intramolecular Hbond substituents is 1. The highest BCUT2D eigenvalue weighted by atomic mass is 35.5. The summed E-state index contributed by atoms with van der Waals surface area (Å²) in [6.07, 6.45) is 0. The molecule has 408 valence electrons. The first-order valence-electron chi connectivity index (χ1n) is 19.9. The molecule has 0 amide bonds. The lowest BCUT2D eigenvalue weighted by Crippen LogP contribution is -2.15. The number of benzene rings is 6. The summed E-state index contributed by atoms with van der Waals surface area (Å²) in [4.78, 5) is 5.95. The van der Waals surface area contributed by atoms with Crippen LogP contribution in [0.25, 0.3) is 21.5 Å². The molecule has 0 fully saturated rings. The Balaban J connectivity index is 1.29. The number of aromatic hydroxyl groups is 1. The third-order valence-electron chi connectivity index (χ3n) is 10.0. The zero-order valence-electron chi connectivity index (χ0n) is 37.2. The summed E-state index contributed by atoms with van der Waals surface area (Å²) in [5, 5.41) is 28.4. The van der Waals surface area contributed by atoms with E-state index in [4.69, 9.17) is 21.9 Å². The minimum Gasteiger partial charge on any atom is -0.505 e. The number of sulfone groups is 1. The van der Waals surface area contributed by atoms with Crippen molar-refractivity contribution in [3.8, 4) is 5.75 Å². The van der Waals surface area contributed by atoms with E-state index in [1.165, 1.54) is 12.1 Å². The quantitative estimate of drug-likeness (QED) is 0.0297. The first-order valence-corrected chi connectivity index (χ1v) is 30.4. The summed E-state index contributed by atoms with van der Waals surface area (Å²) >= 11 is 6.10. The maximum Gasteiger partial charge on any atom is 0.397 e. The second-order valence-corrected chi connectivity index (χ2v) is 25.6. The van der Waals surface area contributed by atoms with E-state index in [1.54, 1.807) is 0 Å². The Hall–Kier alpha value is -7.09. The van der Waals surface area contributed by atoms with E-state index < -0.39 is 169 Å². The lowest BCUT2D eigenvalue weighted by atomic mass is 10.1. The van der Waals surface area contributed by atoms with Crippen molar-refractivity contribution in [3.63, 3.8) is 0 Å². The van der Waals surface area contributed by atoms with E-state index in [0.717, 1.165) is 60.7 Å². The van der Waals surface area contributed by atoms with Gasteiger partial charge in [-0.2, -0.15) is 65.5 Å². The summed E-state index contributed by atoms with van der Waals surface area (Å²) in [6, 6.07) is 12.7. The van der Waals surface area contributed by atoms with Crippen molar-refractivity contribution in [2.45, 2.75) is 29.4 Å². The third-order valence-corrected chi connectivity index (χ3v) is 16.8. The molecular weight excluding hydrogens is 1200 g/mol. The van der Waals surface area contributed by atoms with E-state index in [0.29, 0.717) is 12.1 Å². The van der Waals surface area contributed by atoms with Gasteiger partial charge >= 0.3 is 10.4 Å². The number of nitrogens with one attached hydrogen (secondary N) is 2. The number of nitrogens with two attached hydrogens (primary N) is 1. The van der Waals surface area contributed by atoms with Crippen molar-refractivity contribution in [2.75, 3.05) is 28.7 Å². The topological polar surface area (TPSA) is 528 Å². The van der Waals surface area contributed by atoms with Gasteiger partial charge in [0.15, 0.2) is 15.6 Å². The highest BCUT2D eigenvalue weighted by molar-refractivity contribution is 7.91. The fourth-order valence-electron chi connectivity index (χ4n) is 6.90. The molecule has 40 heteroatoms. The van der Waals surface area contributed by atoms with Gasteiger partial charge in [0.2, 0.25) is 17.2 Å². The molecule has 0 spiro atoms. The number of aromatic nitrogens is 3. The predicted molar refractivity (Wildman–Crippen MR) is 265 cm³/mol. The van der Waals surface area contributed by atoms with E-state index >= 15 is 0 Å². The molecule has 0 saturated heterocycles. The monoisotopic (exact) mass is 1220 g/mol. The molecule has 0 aliphatic carbocycles. The van der Waals surface area contributed by atoms with Crippen LogP contribution in [-0.4, -0.2) is 119 Å². The van der Waals surface area contributed by atoms with Crippen LogP contribution in [0.4, 0.5) is 51.7 Å². The molecule has 0 aliphatic heterocycles. The van der Waals surface area contributed by atoms with Crippen LogP contribution in [0.2, 0.25) is 5.28 Å². The molecule has 11 N–H and O–H groups in total. The first kappa shape index (κ1) is 57.6. The van der Waals surface area contributed by atoms with E-state index in [1.807, 2.05) is 0 Å². The van der Waals surface area contributed by atoms with Gasteiger partial charge < -0.3 is 21.5 Å². The molecule has 0 radical (unpaired) electrons. The Morgan fingerprint density at radius 3 is 1.64 bits per heavy atom. The molecule has 6 aromatic carbocycles. The van der Waals surface area contributed by atoms with Gasteiger partial charge in [-0.15, -0.1) is 20.5 Å². The number of nitrogens with zero attached hydrogens (tertiary/aromatic N) is 7. The van der Waals surface area contributed by atoms with Crippen LogP contribution >= 0.6 is 11.6 Å². The van der Waals surface area contributed by atoms with Gasteiger partial charge in [-0.3, -0.25) is 27.3 Å². The van der Waals surface area contributed by atoms with Crippen LogP contribution < -0.4 is 16.4 Å². The largest absolute Gasteiger partial charge is 0.505 e. The first-order chi connectivity index (χ1) is 35.4. The fraction of sp³-hybridized carbons (Fsp3) is 0.0541. The zero-order valence-corrected chi connectivity index (χ0v) is 43.7. The highest BCUT2D eigenvalue weighted by Gasteiger charge is 2.30. The lowest BCUT2D eigenvalue weighted by molar-refractivity contribution is 0.283. The molecule has 77 heavy (non-hydrogen) atoms. The minimum atomic E-state index is -5.56. The van der Waals surface area contributed by atoms with Gasteiger partial charge in [-0.25, -0.2) is 12.6 Å². The molecular formula is C37H29ClN10O22S7. The Kier molecular flexibility index (Phi) is 15.5. The SMILES string of the molecule is Nc1c(N=Nc2cc(Nc3nc(Cl)nc(Nc4ccc(S(=O)(=O)CCOS(=O)(=O)O)cc4)n3)ccc2S(=O)(=O)O)c(S(=O)(=O)O)cc2cc(S(=O)(=O)O)c(N=Nc3ccc4c(S(=O)(=O)O)cccc4c3S(=O)(=O)O)c(O)c12. The second-order valence-electron chi connectivity index (χ2n) is 15.1. The van der Waals surface area contributed by atoms with Gasteiger partial charge in [0.25, 0.3) is 50.6 Å². The maximum absolute atomic E-state index is 12.8. The normalized spacial score (nSPS) is 13.2. The molecule has 0 saturated carbocycles. The van der Waals surface area contributed by atoms with E-state index in [2.05, 4.69) is 50.2 Å². The summed E-state index contributed by atoms with van der Waals surface area (Å²) in [5.74, 6) is -2.88. The summed E-state index contributed by atoms with van der Waals surface area (Å²) < 4.78 is 235. The molecule has 7 aromatic rings. The summed E-state index contributed by atoms with van der Waals surface area (Å²) in [7, 11) is -35.8. The molecule has 0 aliphatic rings. The molecule has 32 nitrogen and oxygen atoms in total. The van der Waals surface area contributed by atoms with Crippen LogP contribution in [0, 0.1) is 0 Å². The molecule has 1 aromatic heterocycles. The van der Waals surface area contributed by atoms with Crippen molar-refractivity contribution in [1.29, 1.82) is 0 Å². The standard InChI is InChI=1S/C37H29ClN10O22S7/c38-35-42-36(40-18-4-7-20(8-5-18)71(50,51)13-12-70-77(67,68)69)44-37(43-35)41-19-6-11-26(73(55,56)57)24(16-19)46-47-31-27(74(58,59)60)14-17-15-28(75(61,62)63)32(33(49)29(17)30(31)39)48-45-23-10-9-21-22(34(23)76(64,65)66)2-1-3-25(21)72(52,53)54/h1-11,14-16,49H,12-13,39H2,(H,52,53,54)(H,55,56,57)(H,58,59,60)(H,61,62,63)(H,64,65,66)(H,67,68,69)(H2,40,41,42,43,44). The predicted octanol–water partition coefficient (Wildman–Crippen LogP) is 5.26. The summed E-state index contributed by atoms with van der Waals surface area (Å²) in [5.41, 5.74) is 1.16. The Labute approximate surface area is 438 Å². The van der Waals surface area contributed by atoms with Crippen LogP contribution in [0.3, 0.4) is 0 Å². The van der Waals surface area contributed by atoms with Gasteiger partial charge in [-0.05, 0) is 83.7 Å². The smallest absolute Gasteiger partial charge is 0.397 e. The van der Waals surface area contributed by atoms with Crippen molar-refractivity contribution < 1.29 is 95.5 Å². The van der Waals surface area contributed by atoms with E-state index in [9.17, 15) is 86.8 Å². The number of halogens is 1. The number of nitrogen functional groups attached to an aromatic ring is 1. The van der Waals surface area contributed by atoms with Crippen LogP contribution in [0.5, 0.6) is 5.75 Å². The number of anilines is 5. The number of phenols is 1. The fourth-order valence-corrected chi connectivity index (χ4v) is 12.0. The average Bonchev–Trinajstić information content (AvgIpc) is 3.31. The third kappa shape index (κ3) is 13.2. The second kappa shape index (κ2) is 20.7. The lowest BCUT2D eigenvalue weighted by Gasteiger charge is -2.14. The molecule has 0 bridgehead atoms. The van der Waals surface area contributed by atoms with Crippen molar-refractivity contribution in [1.82, 2.24) is 15.0 Å². The Morgan fingerprint density at radius 2 is 1.08 bits per heavy atom. The Bertz CT molecular complexity index is 4540. The molecule has 7 rings (SSSR count). The van der Waals surface area contributed by atoms with Gasteiger partial charge in [0.1, 0.15) is 47.2 Å². The number of hydrogen-bond donors (Lipinski definition) is 10. The van der Waals surface area contributed by atoms with Crippen molar-refractivity contribution in [2.24, 2.45) is 20.5 Å². The minimum absolute atomic E-state index is 0.160. The number of hydrogen-bond acceptors (Lipinski definition) is 26. The number of fused-ring (bicyclic) bond motifs is 2. The van der Waals surface area contributed by atoms with Gasteiger partial charge in [0, 0.05) is 22.1 Å². The average molecular weight is 1230 g/mol. The number of azo groups is 2. The van der Waals surface area contributed by atoms with Gasteiger partial charge in [0.05, 0.1) is 28.3 Å². The molecule has 1 heterocycles. The van der Waals surface area contributed by atoms with Gasteiger partial charge in [-0.1, -0.05) is 18.2 Å². The Morgan fingerprint density at radius 1 is 0.545 bits per heavy atom.